The van der Waals surface area contributed by atoms with Gasteiger partial charge in [-0.05, 0) is 31.5 Å². The Labute approximate surface area is 198 Å². The van der Waals surface area contributed by atoms with Gasteiger partial charge in [0.2, 0.25) is 0 Å². The first-order chi connectivity index (χ1) is 16.1. The van der Waals surface area contributed by atoms with E-state index in [9.17, 15) is 23.5 Å². The van der Waals surface area contributed by atoms with Crippen LogP contribution in [0.25, 0.3) is 10.8 Å². The van der Waals surface area contributed by atoms with Gasteiger partial charge in [-0.1, -0.05) is 41.9 Å². The molecule has 10 heteroatoms. The Hall–Kier alpha value is -3.43. The average Bonchev–Trinajstić information content (AvgIpc) is 3.00. The van der Waals surface area contributed by atoms with Crippen LogP contribution in [0.4, 0.5) is 14.5 Å². The lowest BCUT2D eigenvalue weighted by molar-refractivity contribution is -0.136. The van der Waals surface area contributed by atoms with Gasteiger partial charge in [-0.3, -0.25) is 14.5 Å². The average molecular weight is 492 g/mol. The summed E-state index contributed by atoms with van der Waals surface area (Å²) in [5.74, 6) is -1.99. The number of aliphatic carboxylic acids is 1. The molecule has 4 rings (SSSR count). The number of halogens is 3. The fourth-order valence-electron chi connectivity index (χ4n) is 4.06. The molecule has 0 aliphatic carbocycles. The van der Waals surface area contributed by atoms with Crippen LogP contribution in [0.5, 0.6) is 11.5 Å². The van der Waals surface area contributed by atoms with Gasteiger partial charge < -0.3 is 19.7 Å². The van der Waals surface area contributed by atoms with Gasteiger partial charge in [0.25, 0.3) is 5.91 Å². The van der Waals surface area contributed by atoms with E-state index in [1.807, 2.05) is 0 Å². The summed E-state index contributed by atoms with van der Waals surface area (Å²) in [5, 5.41) is 20.8. The Morgan fingerprint density at radius 3 is 2.32 bits per heavy atom. The number of fused-ring (bicyclic) bond motifs is 2. The van der Waals surface area contributed by atoms with Crippen molar-refractivity contribution in [3.8, 4) is 11.5 Å². The molecule has 0 radical (unpaired) electrons. The van der Waals surface area contributed by atoms with E-state index in [4.69, 9.17) is 26.2 Å². The first-order valence-electron chi connectivity index (χ1n) is 10.3. The van der Waals surface area contributed by atoms with Gasteiger partial charge in [0.1, 0.15) is 11.5 Å². The Bertz CT molecular complexity index is 1300. The zero-order valence-electron chi connectivity index (χ0n) is 18.1. The minimum atomic E-state index is -3.21. The Balaban J connectivity index is 1.95. The molecule has 1 unspecified atom stereocenters. The third kappa shape index (κ3) is 4.12. The zero-order chi connectivity index (χ0) is 24.7. The van der Waals surface area contributed by atoms with Crippen LogP contribution in [0, 0.1) is 0 Å². The molecule has 1 aliphatic heterocycles. The highest BCUT2D eigenvalue weighted by atomic mass is 35.5. The molecule has 2 N–H and O–H groups in total. The lowest BCUT2D eigenvalue weighted by Crippen LogP contribution is -2.28. The number of rotatable bonds is 7. The summed E-state index contributed by atoms with van der Waals surface area (Å²) < 4.78 is 37.5. The van der Waals surface area contributed by atoms with E-state index in [2.05, 4.69) is 0 Å². The number of amides is 1. The van der Waals surface area contributed by atoms with Crippen LogP contribution >= 0.6 is 11.6 Å². The molecule has 1 heterocycles. The summed E-state index contributed by atoms with van der Waals surface area (Å²) in [5.41, 5.74) is 0.190. The largest absolute Gasteiger partial charge is 0.490 e. The number of ether oxygens (including phenoxy) is 2. The molecular weight excluding hydrogens is 472 g/mol. The van der Waals surface area contributed by atoms with E-state index in [-0.39, 0.29) is 51.2 Å². The molecule has 3 aromatic carbocycles. The maximum Gasteiger partial charge on any atom is 0.387 e. The van der Waals surface area contributed by atoms with Crippen molar-refractivity contribution in [1.82, 2.24) is 0 Å². The van der Waals surface area contributed by atoms with Crippen molar-refractivity contribution in [3.63, 3.8) is 0 Å². The van der Waals surface area contributed by atoms with Gasteiger partial charge in [-0.15, -0.1) is 0 Å². The lowest BCUT2D eigenvalue weighted by Gasteiger charge is -2.23. The highest BCUT2D eigenvalue weighted by molar-refractivity contribution is 6.34. The van der Waals surface area contributed by atoms with Crippen molar-refractivity contribution < 1.29 is 38.1 Å². The van der Waals surface area contributed by atoms with Gasteiger partial charge in [0.05, 0.1) is 34.4 Å². The van der Waals surface area contributed by atoms with E-state index in [1.165, 1.54) is 24.3 Å². The fourth-order valence-corrected chi connectivity index (χ4v) is 4.35. The summed E-state index contributed by atoms with van der Waals surface area (Å²) in [7, 11) is 0. The maximum atomic E-state index is 13.6. The molecule has 0 spiro atoms. The normalized spacial score (nSPS) is 15.4. The number of carboxylic acid groups (broad SMARTS) is 1. The van der Waals surface area contributed by atoms with Crippen molar-refractivity contribution >= 4 is 39.9 Å². The van der Waals surface area contributed by atoms with Crippen molar-refractivity contribution in [2.75, 3.05) is 4.90 Å². The van der Waals surface area contributed by atoms with Crippen LogP contribution in [0.15, 0.2) is 42.5 Å². The van der Waals surface area contributed by atoms with Gasteiger partial charge in [-0.2, -0.15) is 8.78 Å². The highest BCUT2D eigenvalue weighted by Crippen LogP contribution is 2.51. The Morgan fingerprint density at radius 2 is 1.76 bits per heavy atom. The van der Waals surface area contributed by atoms with Crippen molar-refractivity contribution in [2.45, 2.75) is 39.2 Å². The highest BCUT2D eigenvalue weighted by Gasteiger charge is 2.44. The number of aliphatic hydroxyl groups excluding tert-OH is 1. The van der Waals surface area contributed by atoms with Gasteiger partial charge in [-0.25, -0.2) is 0 Å². The second kappa shape index (κ2) is 9.08. The van der Waals surface area contributed by atoms with E-state index in [0.717, 1.165) is 4.90 Å². The molecule has 0 aromatic heterocycles. The SMILES string of the molecule is CC(C)Oc1c2c(c(OC(F)F)c3ccccc13)C(O)N(c1ccc(CC(=O)O)cc1Cl)C2=O. The quantitative estimate of drug-likeness (QED) is 0.474. The number of aliphatic hydroxyl groups is 1. The first-order valence-corrected chi connectivity index (χ1v) is 10.7. The standard InChI is InChI=1S/C24H20ClF2NO6/c1-11(2)33-20-13-5-3-4-6-14(13)21(34-24(26)27)19-18(20)22(31)28(23(19)32)16-8-7-12(9-15(16)25)10-17(29)30/h3-9,11,23-24,32H,10H2,1-2H3,(H,29,30). The minimum absolute atomic E-state index is 0.00571. The summed E-state index contributed by atoms with van der Waals surface area (Å²) in [6.07, 6.45) is -2.37. The summed E-state index contributed by atoms with van der Waals surface area (Å²) in [6.45, 7) is 0.284. The fraction of sp³-hybridized carbons (Fsp3) is 0.250. The summed E-state index contributed by atoms with van der Waals surface area (Å²) >= 11 is 6.34. The second-order valence-corrected chi connectivity index (χ2v) is 8.35. The molecule has 3 aromatic rings. The molecule has 0 fully saturated rings. The number of carboxylic acids is 1. The minimum Gasteiger partial charge on any atom is -0.490 e. The number of hydrogen-bond acceptors (Lipinski definition) is 5. The molecule has 0 saturated heterocycles. The molecule has 0 saturated carbocycles. The molecule has 1 aliphatic rings. The van der Waals surface area contributed by atoms with Crippen LogP contribution in [0.1, 0.15) is 41.6 Å². The number of anilines is 1. The van der Waals surface area contributed by atoms with E-state index in [0.29, 0.717) is 10.9 Å². The Morgan fingerprint density at radius 1 is 1.12 bits per heavy atom. The third-order valence-corrected chi connectivity index (χ3v) is 5.58. The molecular formula is C24H20ClF2NO6. The van der Waals surface area contributed by atoms with Crippen molar-refractivity contribution in [2.24, 2.45) is 0 Å². The third-order valence-electron chi connectivity index (χ3n) is 5.28. The predicted molar refractivity (Wildman–Crippen MR) is 121 cm³/mol. The smallest absolute Gasteiger partial charge is 0.387 e. The first kappa shape index (κ1) is 23.7. The van der Waals surface area contributed by atoms with Crippen LogP contribution in [-0.4, -0.2) is 34.8 Å². The van der Waals surface area contributed by atoms with Crippen molar-refractivity contribution in [1.29, 1.82) is 0 Å². The molecule has 0 bridgehead atoms. The van der Waals surface area contributed by atoms with Gasteiger partial charge in [0, 0.05) is 10.8 Å². The number of hydrogen-bond donors (Lipinski definition) is 2. The van der Waals surface area contributed by atoms with Gasteiger partial charge >= 0.3 is 12.6 Å². The lowest BCUT2D eigenvalue weighted by atomic mass is 9.98. The van der Waals surface area contributed by atoms with Gasteiger partial charge in [0.15, 0.2) is 6.23 Å². The number of carbonyl (C=O) groups excluding carboxylic acids is 1. The maximum absolute atomic E-state index is 13.6. The second-order valence-electron chi connectivity index (χ2n) is 7.94. The van der Waals surface area contributed by atoms with Crippen LogP contribution in [0.2, 0.25) is 5.02 Å². The van der Waals surface area contributed by atoms with Crippen LogP contribution in [0.3, 0.4) is 0 Å². The monoisotopic (exact) mass is 491 g/mol. The molecule has 7 nitrogen and oxygen atoms in total. The van der Waals surface area contributed by atoms with E-state index >= 15 is 0 Å². The number of nitrogens with zero attached hydrogens (tertiary/aromatic N) is 1. The molecule has 34 heavy (non-hydrogen) atoms. The molecule has 178 valence electrons. The Kier molecular flexibility index (Phi) is 6.33. The summed E-state index contributed by atoms with van der Waals surface area (Å²) in [6, 6.07) is 10.6. The van der Waals surface area contributed by atoms with Crippen LogP contribution < -0.4 is 14.4 Å². The molecule has 1 atom stereocenters. The topological polar surface area (TPSA) is 96.3 Å². The number of alkyl halides is 2. The van der Waals surface area contributed by atoms with E-state index < -0.39 is 24.7 Å². The van der Waals surface area contributed by atoms with Crippen LogP contribution in [-0.2, 0) is 11.2 Å². The van der Waals surface area contributed by atoms with Crippen molar-refractivity contribution in [3.05, 3.63) is 64.2 Å². The predicted octanol–water partition coefficient (Wildman–Crippen LogP) is 5.16. The number of benzene rings is 3. The van der Waals surface area contributed by atoms with E-state index in [1.54, 1.807) is 32.0 Å². The zero-order valence-corrected chi connectivity index (χ0v) is 18.8. The number of carbonyl (C=O) groups is 2. The molecule has 1 amide bonds. The summed E-state index contributed by atoms with van der Waals surface area (Å²) in [4.78, 5) is 25.5.